The predicted octanol–water partition coefficient (Wildman–Crippen LogP) is 0.505. The number of carbonyl (C=O) groups excluding carboxylic acids is 3. The number of nitrogens with zero attached hydrogens (tertiary/aromatic N) is 2. The Morgan fingerprint density at radius 2 is 1.90 bits per heavy atom. The van der Waals surface area contributed by atoms with Gasteiger partial charge in [0.1, 0.15) is 13.1 Å². The number of rotatable bonds is 4. The van der Waals surface area contributed by atoms with Gasteiger partial charge in [0.05, 0.1) is 0 Å². The van der Waals surface area contributed by atoms with Crippen LogP contribution in [0.1, 0.15) is 11.1 Å². The third-order valence-corrected chi connectivity index (χ3v) is 3.14. The van der Waals surface area contributed by atoms with Crippen LogP contribution in [0.2, 0.25) is 0 Å². The normalized spacial score (nSPS) is 14.9. The molecule has 1 aliphatic heterocycles. The molecule has 0 bridgehead atoms. The van der Waals surface area contributed by atoms with Crippen LogP contribution in [0.4, 0.5) is 4.79 Å². The number of imide groups is 1. The molecule has 1 aromatic carbocycles. The van der Waals surface area contributed by atoms with Crippen molar-refractivity contribution in [3.63, 3.8) is 0 Å². The molecule has 1 N–H and O–H groups in total. The number of amides is 4. The van der Waals surface area contributed by atoms with E-state index in [1.807, 2.05) is 31.2 Å². The molecule has 2 rings (SSSR count). The van der Waals surface area contributed by atoms with E-state index in [0.29, 0.717) is 6.54 Å². The van der Waals surface area contributed by atoms with E-state index in [1.54, 1.807) is 0 Å². The van der Waals surface area contributed by atoms with Crippen molar-refractivity contribution in [2.45, 2.75) is 13.5 Å². The molecular formula is C14H17N3O3. The molecular weight excluding hydrogens is 258 g/mol. The minimum Gasteiger partial charge on any atom is -0.350 e. The van der Waals surface area contributed by atoms with Crippen LogP contribution in [0.5, 0.6) is 0 Å². The number of benzene rings is 1. The van der Waals surface area contributed by atoms with Gasteiger partial charge in [-0.25, -0.2) is 4.79 Å². The largest absolute Gasteiger partial charge is 0.350 e. The third kappa shape index (κ3) is 3.14. The fourth-order valence-corrected chi connectivity index (χ4v) is 1.93. The molecule has 20 heavy (non-hydrogen) atoms. The summed E-state index contributed by atoms with van der Waals surface area (Å²) in [5.41, 5.74) is 2.12. The van der Waals surface area contributed by atoms with Gasteiger partial charge >= 0.3 is 6.03 Å². The van der Waals surface area contributed by atoms with E-state index in [0.717, 1.165) is 16.0 Å². The van der Waals surface area contributed by atoms with E-state index < -0.39 is 6.03 Å². The number of hydrogen-bond acceptors (Lipinski definition) is 3. The van der Waals surface area contributed by atoms with Crippen molar-refractivity contribution in [3.05, 3.63) is 35.4 Å². The van der Waals surface area contributed by atoms with Gasteiger partial charge in [0.2, 0.25) is 5.91 Å². The van der Waals surface area contributed by atoms with Gasteiger partial charge in [-0.1, -0.05) is 29.8 Å². The Morgan fingerprint density at radius 1 is 1.25 bits per heavy atom. The number of nitrogens with one attached hydrogen (secondary N) is 1. The van der Waals surface area contributed by atoms with Gasteiger partial charge in [0.15, 0.2) is 0 Å². The van der Waals surface area contributed by atoms with Gasteiger partial charge in [0, 0.05) is 13.6 Å². The molecule has 0 saturated carbocycles. The van der Waals surface area contributed by atoms with Crippen LogP contribution in [0.15, 0.2) is 24.3 Å². The average Bonchev–Trinajstić information content (AvgIpc) is 2.65. The lowest BCUT2D eigenvalue weighted by atomic mass is 10.1. The summed E-state index contributed by atoms with van der Waals surface area (Å²) in [6, 6.07) is 7.35. The zero-order valence-corrected chi connectivity index (χ0v) is 11.5. The van der Waals surface area contributed by atoms with E-state index in [9.17, 15) is 14.4 Å². The minimum atomic E-state index is -0.430. The topological polar surface area (TPSA) is 69.7 Å². The quantitative estimate of drug-likeness (QED) is 0.814. The molecule has 1 heterocycles. The Labute approximate surface area is 117 Å². The molecule has 0 spiro atoms. The molecule has 1 fully saturated rings. The maximum Gasteiger partial charge on any atom is 0.327 e. The van der Waals surface area contributed by atoms with Crippen molar-refractivity contribution in [1.82, 2.24) is 15.1 Å². The van der Waals surface area contributed by atoms with Crippen LogP contribution in [0.25, 0.3) is 0 Å². The molecule has 0 unspecified atom stereocenters. The Balaban J connectivity index is 1.85. The average molecular weight is 275 g/mol. The molecule has 0 aromatic heterocycles. The van der Waals surface area contributed by atoms with Crippen molar-refractivity contribution < 1.29 is 14.4 Å². The Bertz CT molecular complexity index is 539. The van der Waals surface area contributed by atoms with Crippen molar-refractivity contribution in [1.29, 1.82) is 0 Å². The summed E-state index contributed by atoms with van der Waals surface area (Å²) in [6.07, 6.45) is 0. The highest BCUT2D eigenvalue weighted by atomic mass is 16.2. The first kappa shape index (κ1) is 14.0. The minimum absolute atomic E-state index is 0.0318. The zero-order chi connectivity index (χ0) is 14.7. The number of likely N-dealkylation sites (N-methyl/N-ethyl adjacent to an activating group) is 1. The molecule has 106 valence electrons. The Kier molecular flexibility index (Phi) is 4.02. The Hall–Kier alpha value is -2.37. The summed E-state index contributed by atoms with van der Waals surface area (Å²) in [5, 5.41) is 2.70. The van der Waals surface area contributed by atoms with Gasteiger partial charge < -0.3 is 10.2 Å². The second kappa shape index (κ2) is 5.73. The fraction of sp³-hybridized carbons (Fsp3) is 0.357. The summed E-state index contributed by atoms with van der Waals surface area (Å²) < 4.78 is 0. The smallest absolute Gasteiger partial charge is 0.327 e. The number of aryl methyl sites for hydroxylation is 1. The maximum atomic E-state index is 11.8. The maximum absolute atomic E-state index is 11.8. The summed E-state index contributed by atoms with van der Waals surface area (Å²) >= 11 is 0. The fourth-order valence-electron chi connectivity index (χ4n) is 1.93. The molecule has 1 aliphatic rings. The molecule has 1 aromatic rings. The van der Waals surface area contributed by atoms with Crippen molar-refractivity contribution in [3.8, 4) is 0 Å². The summed E-state index contributed by atoms with van der Waals surface area (Å²) in [4.78, 5) is 37.2. The highest BCUT2D eigenvalue weighted by molar-refractivity contribution is 6.04. The first-order chi connectivity index (χ1) is 9.47. The second-order valence-electron chi connectivity index (χ2n) is 4.88. The molecule has 6 heteroatoms. The van der Waals surface area contributed by atoms with E-state index in [2.05, 4.69) is 5.32 Å². The van der Waals surface area contributed by atoms with Crippen molar-refractivity contribution >= 4 is 17.8 Å². The van der Waals surface area contributed by atoms with Crippen molar-refractivity contribution in [2.24, 2.45) is 0 Å². The molecule has 4 amide bonds. The molecule has 0 aliphatic carbocycles. The SMILES string of the molecule is Cc1ccc(CNC(=O)CN2C(=O)CN(C)C2=O)cc1. The predicted molar refractivity (Wildman–Crippen MR) is 72.8 cm³/mol. The van der Waals surface area contributed by atoms with Crippen molar-refractivity contribution in [2.75, 3.05) is 20.1 Å². The first-order valence-corrected chi connectivity index (χ1v) is 6.35. The monoisotopic (exact) mass is 275 g/mol. The van der Waals surface area contributed by atoms with E-state index >= 15 is 0 Å². The standard InChI is InChI=1S/C14H17N3O3/c1-10-3-5-11(6-4-10)7-15-12(18)8-17-13(19)9-16(2)14(17)20/h3-6H,7-9H2,1-2H3,(H,15,18). The van der Waals surface area contributed by atoms with Gasteiger partial charge in [-0.2, -0.15) is 0 Å². The van der Waals surface area contributed by atoms with Crippen LogP contribution in [0, 0.1) is 6.92 Å². The van der Waals surface area contributed by atoms with Gasteiger partial charge in [0.25, 0.3) is 5.91 Å². The van der Waals surface area contributed by atoms with Crippen LogP contribution in [-0.4, -0.2) is 47.8 Å². The lowest BCUT2D eigenvalue weighted by molar-refractivity contribution is -0.130. The molecule has 0 atom stereocenters. The summed E-state index contributed by atoms with van der Waals surface area (Å²) in [6.45, 7) is 2.17. The zero-order valence-electron chi connectivity index (χ0n) is 11.5. The van der Waals surface area contributed by atoms with Crippen LogP contribution in [0.3, 0.4) is 0 Å². The van der Waals surface area contributed by atoms with Gasteiger partial charge in [-0.05, 0) is 12.5 Å². The van der Waals surface area contributed by atoms with E-state index in [-0.39, 0.29) is 24.9 Å². The lowest BCUT2D eigenvalue weighted by Crippen LogP contribution is -2.40. The van der Waals surface area contributed by atoms with E-state index in [1.165, 1.54) is 11.9 Å². The van der Waals surface area contributed by atoms with E-state index in [4.69, 9.17) is 0 Å². The van der Waals surface area contributed by atoms with Gasteiger partial charge in [-0.15, -0.1) is 0 Å². The van der Waals surface area contributed by atoms with Gasteiger partial charge in [-0.3, -0.25) is 14.5 Å². The second-order valence-corrected chi connectivity index (χ2v) is 4.88. The highest BCUT2D eigenvalue weighted by Crippen LogP contribution is 2.07. The summed E-state index contributed by atoms with van der Waals surface area (Å²) in [5.74, 6) is -0.689. The van der Waals surface area contributed by atoms with Crippen LogP contribution >= 0.6 is 0 Å². The number of hydrogen-bond donors (Lipinski definition) is 1. The first-order valence-electron chi connectivity index (χ1n) is 6.35. The number of carbonyl (C=O) groups is 3. The summed E-state index contributed by atoms with van der Waals surface area (Å²) in [7, 11) is 1.53. The molecule has 6 nitrogen and oxygen atoms in total. The molecule has 0 radical (unpaired) electrons. The van der Waals surface area contributed by atoms with Crippen LogP contribution in [-0.2, 0) is 16.1 Å². The lowest BCUT2D eigenvalue weighted by Gasteiger charge is -2.13. The number of urea groups is 1. The highest BCUT2D eigenvalue weighted by Gasteiger charge is 2.34. The molecule has 1 saturated heterocycles. The van der Waals surface area contributed by atoms with Crippen LogP contribution < -0.4 is 5.32 Å². The Morgan fingerprint density at radius 3 is 2.45 bits per heavy atom. The third-order valence-electron chi connectivity index (χ3n) is 3.14.